The Balaban J connectivity index is 1.57. The van der Waals surface area contributed by atoms with E-state index in [1.807, 2.05) is 30.0 Å². The number of likely N-dealkylation sites (tertiary alicyclic amines) is 1. The van der Waals surface area contributed by atoms with Crippen LogP contribution in [0.3, 0.4) is 0 Å². The minimum atomic E-state index is 0.108. The van der Waals surface area contributed by atoms with E-state index in [2.05, 4.69) is 15.3 Å². The Labute approximate surface area is 187 Å². The van der Waals surface area contributed by atoms with Crippen LogP contribution in [-0.4, -0.2) is 45.6 Å². The van der Waals surface area contributed by atoms with Crippen LogP contribution in [0.4, 0.5) is 11.6 Å². The minimum Gasteiger partial charge on any atom is -0.441 e. The highest BCUT2D eigenvalue weighted by atomic mass is 16.5. The van der Waals surface area contributed by atoms with Crippen molar-refractivity contribution in [3.8, 4) is 5.75 Å². The molecule has 0 atom stereocenters. The minimum absolute atomic E-state index is 0.108. The van der Waals surface area contributed by atoms with E-state index in [-0.39, 0.29) is 23.5 Å². The second-order valence-corrected chi connectivity index (χ2v) is 8.33. The zero-order valence-electron chi connectivity index (χ0n) is 18.5. The van der Waals surface area contributed by atoms with Crippen molar-refractivity contribution in [2.45, 2.75) is 45.6 Å². The van der Waals surface area contributed by atoms with Gasteiger partial charge >= 0.3 is 0 Å². The Morgan fingerprint density at radius 3 is 2.72 bits per heavy atom. The zero-order chi connectivity index (χ0) is 22.8. The largest absolute Gasteiger partial charge is 0.441 e. The van der Waals surface area contributed by atoms with E-state index in [1.165, 1.54) is 6.33 Å². The van der Waals surface area contributed by atoms with E-state index in [4.69, 9.17) is 21.6 Å². The van der Waals surface area contributed by atoms with Crippen LogP contribution in [0.15, 0.2) is 36.0 Å². The van der Waals surface area contributed by atoms with Gasteiger partial charge in [-0.05, 0) is 35.8 Å². The fourth-order valence-corrected chi connectivity index (χ4v) is 4.32. The first-order valence-corrected chi connectivity index (χ1v) is 11.0. The summed E-state index contributed by atoms with van der Waals surface area (Å²) < 4.78 is 5.75. The molecule has 0 bridgehead atoms. The van der Waals surface area contributed by atoms with E-state index < -0.39 is 0 Å². The van der Waals surface area contributed by atoms with Crippen molar-refractivity contribution < 1.29 is 14.8 Å². The molecule has 2 aliphatic heterocycles. The van der Waals surface area contributed by atoms with Crippen molar-refractivity contribution in [3.63, 3.8) is 0 Å². The number of fused-ring (bicyclic) bond motifs is 1. The van der Waals surface area contributed by atoms with Gasteiger partial charge in [-0.2, -0.15) is 4.98 Å². The lowest BCUT2D eigenvalue weighted by molar-refractivity contribution is -0.617. The molecule has 7 N–H and O–H groups in total. The first kappa shape index (κ1) is 21.8. The van der Waals surface area contributed by atoms with Crippen LogP contribution < -0.4 is 21.5 Å². The fourth-order valence-electron chi connectivity index (χ4n) is 4.32. The molecule has 1 saturated heterocycles. The molecule has 0 radical (unpaired) electrons. The summed E-state index contributed by atoms with van der Waals surface area (Å²) in [6.45, 7) is 5.11. The SMILES string of the molecule is CCC1=C(N)Oc2ccc(C(=N)c3c(N)ncnc3[NH2+]C3CCN(C(C)=O)CC3)cc2C1. The number of quaternary nitrogens is 1. The first-order chi connectivity index (χ1) is 15.4. The molecule has 4 rings (SSSR count). The number of carbonyl (C=O) groups excluding carboxylic acids is 1. The molecule has 0 unspecified atom stereocenters. The molecule has 0 spiro atoms. The number of hydrogen-bond acceptors (Lipinski definition) is 7. The van der Waals surface area contributed by atoms with Gasteiger partial charge in [0, 0.05) is 44.8 Å². The summed E-state index contributed by atoms with van der Waals surface area (Å²) in [5.41, 5.74) is 15.8. The highest BCUT2D eigenvalue weighted by Gasteiger charge is 2.27. The molecule has 1 aromatic heterocycles. The molecule has 32 heavy (non-hydrogen) atoms. The van der Waals surface area contributed by atoms with Crippen LogP contribution in [0.1, 0.15) is 49.8 Å². The highest BCUT2D eigenvalue weighted by molar-refractivity contribution is 6.15. The maximum atomic E-state index is 11.6. The Bertz CT molecular complexity index is 1090. The van der Waals surface area contributed by atoms with Gasteiger partial charge in [-0.1, -0.05) is 6.92 Å². The van der Waals surface area contributed by atoms with Crippen molar-refractivity contribution in [2.75, 3.05) is 18.8 Å². The summed E-state index contributed by atoms with van der Waals surface area (Å²) in [4.78, 5) is 22.0. The van der Waals surface area contributed by atoms with Crippen LogP contribution in [0, 0.1) is 5.41 Å². The molecule has 3 heterocycles. The van der Waals surface area contributed by atoms with Gasteiger partial charge in [0.1, 0.15) is 23.5 Å². The number of carbonyl (C=O) groups is 1. The van der Waals surface area contributed by atoms with E-state index in [9.17, 15) is 4.79 Å². The zero-order valence-corrected chi connectivity index (χ0v) is 18.5. The number of allylic oxidation sites excluding steroid dienone is 1. The predicted molar refractivity (Wildman–Crippen MR) is 122 cm³/mol. The molecule has 1 fully saturated rings. The van der Waals surface area contributed by atoms with Crippen LogP contribution in [0.5, 0.6) is 5.75 Å². The predicted octanol–water partition coefficient (Wildman–Crippen LogP) is 1.20. The lowest BCUT2D eigenvalue weighted by Gasteiger charge is -2.29. The van der Waals surface area contributed by atoms with Gasteiger partial charge < -0.3 is 21.1 Å². The Morgan fingerprint density at radius 2 is 2.03 bits per heavy atom. The molecular formula is C23H30N7O2+. The monoisotopic (exact) mass is 436 g/mol. The van der Waals surface area contributed by atoms with Crippen molar-refractivity contribution in [2.24, 2.45) is 5.73 Å². The normalized spacial score (nSPS) is 16.5. The second kappa shape index (κ2) is 8.96. The van der Waals surface area contributed by atoms with Gasteiger partial charge in [0.05, 0.1) is 11.8 Å². The molecule has 1 aromatic carbocycles. The topological polar surface area (TPSA) is 148 Å². The molecule has 2 aliphatic rings. The quantitative estimate of drug-likeness (QED) is 0.518. The molecule has 9 heteroatoms. The molecule has 9 nitrogen and oxygen atoms in total. The average Bonchev–Trinajstić information content (AvgIpc) is 2.78. The fraction of sp³-hybridized carbons (Fsp3) is 0.391. The third-order valence-electron chi connectivity index (χ3n) is 6.28. The Kier molecular flexibility index (Phi) is 6.09. The van der Waals surface area contributed by atoms with Crippen LogP contribution >= 0.6 is 0 Å². The van der Waals surface area contributed by atoms with Gasteiger partial charge in [-0.15, -0.1) is 0 Å². The number of rotatable bonds is 5. The molecule has 1 amide bonds. The summed E-state index contributed by atoms with van der Waals surface area (Å²) in [7, 11) is 0. The number of nitrogen functional groups attached to an aromatic ring is 1. The van der Waals surface area contributed by atoms with Crippen molar-refractivity contribution in [1.29, 1.82) is 5.41 Å². The van der Waals surface area contributed by atoms with Gasteiger partial charge in [0.25, 0.3) is 0 Å². The molecule has 168 valence electrons. The maximum absolute atomic E-state index is 11.6. The summed E-state index contributed by atoms with van der Waals surface area (Å²) in [5, 5.41) is 11.0. The van der Waals surface area contributed by atoms with E-state index in [0.29, 0.717) is 23.7 Å². The number of benzene rings is 1. The number of nitrogens with two attached hydrogens (primary N) is 3. The van der Waals surface area contributed by atoms with Crippen LogP contribution in [0.25, 0.3) is 0 Å². The first-order valence-electron chi connectivity index (χ1n) is 11.0. The van der Waals surface area contributed by atoms with Crippen molar-refractivity contribution >= 4 is 23.3 Å². The smallest absolute Gasteiger partial charge is 0.239 e. The Morgan fingerprint density at radius 1 is 1.28 bits per heavy atom. The highest BCUT2D eigenvalue weighted by Crippen LogP contribution is 2.31. The lowest BCUT2D eigenvalue weighted by Crippen LogP contribution is -2.86. The van der Waals surface area contributed by atoms with Gasteiger partial charge in [-0.3, -0.25) is 15.5 Å². The van der Waals surface area contributed by atoms with E-state index >= 15 is 0 Å². The maximum Gasteiger partial charge on any atom is 0.239 e. The van der Waals surface area contributed by atoms with Crippen LogP contribution in [0.2, 0.25) is 0 Å². The number of nitrogens with one attached hydrogen (secondary N) is 1. The average molecular weight is 437 g/mol. The van der Waals surface area contributed by atoms with Gasteiger partial charge in [-0.25, -0.2) is 4.98 Å². The summed E-state index contributed by atoms with van der Waals surface area (Å²) in [6, 6.07) is 5.91. The number of amides is 1. The summed E-state index contributed by atoms with van der Waals surface area (Å²) >= 11 is 0. The van der Waals surface area contributed by atoms with E-state index in [1.54, 1.807) is 6.92 Å². The molecule has 2 aromatic rings. The van der Waals surface area contributed by atoms with Gasteiger partial charge in [0.15, 0.2) is 5.88 Å². The van der Waals surface area contributed by atoms with E-state index in [0.717, 1.165) is 54.8 Å². The van der Waals surface area contributed by atoms with Gasteiger partial charge in [0.2, 0.25) is 11.7 Å². The second-order valence-electron chi connectivity index (χ2n) is 8.33. The number of nitrogens with zero attached hydrogens (tertiary/aromatic N) is 3. The summed E-state index contributed by atoms with van der Waals surface area (Å²) in [5.74, 6) is 2.24. The number of anilines is 1. The standard InChI is InChI=1S/C23H29N7O2/c1-3-14-10-16-11-15(4-5-18(16)32-22(14)26)20(24)19-21(25)27-12-28-23(19)29-17-6-8-30(9-7-17)13(2)31/h4-5,11-12,17,24H,3,6-10,26H2,1-2H3,(H3,25,27,28,29)/p+1. The lowest BCUT2D eigenvalue weighted by atomic mass is 9.95. The third kappa shape index (κ3) is 4.29. The molecule has 0 aliphatic carbocycles. The third-order valence-corrected chi connectivity index (χ3v) is 6.28. The number of aromatic nitrogens is 2. The van der Waals surface area contributed by atoms with Crippen molar-refractivity contribution in [3.05, 3.63) is 52.7 Å². The molecular weight excluding hydrogens is 406 g/mol. The van der Waals surface area contributed by atoms with Crippen LogP contribution in [-0.2, 0) is 11.2 Å². The number of piperidine rings is 1. The van der Waals surface area contributed by atoms with Crippen molar-refractivity contribution in [1.82, 2.24) is 14.9 Å². The molecule has 0 saturated carbocycles. The number of hydrogen-bond donors (Lipinski definition) is 4. The summed E-state index contributed by atoms with van der Waals surface area (Å²) in [6.07, 6.45) is 4.67. The Hall–Kier alpha value is -3.46. The number of ether oxygens (including phenoxy) is 1.